The molecule has 1 aromatic carbocycles. The number of hydrogen-bond donors (Lipinski definition) is 1. The molecule has 0 saturated heterocycles. The highest BCUT2D eigenvalue weighted by Gasteiger charge is 2.15. The maximum atomic E-state index is 12.1. The standard InChI is InChI=1S/C16H19IN2O/c1-8(2)14-13(17)16(20)19-15(18-14)12-10(4)6-9(3)7-11(12)5/h6-8H,1-5H3,(H,18,19,20). The number of H-pyrrole nitrogens is 1. The largest absolute Gasteiger partial charge is 0.306 e. The lowest BCUT2D eigenvalue weighted by Crippen LogP contribution is -2.17. The van der Waals surface area contributed by atoms with Gasteiger partial charge in [-0.15, -0.1) is 0 Å². The average Bonchev–Trinajstić information content (AvgIpc) is 2.31. The SMILES string of the molecule is Cc1cc(C)c(-c2nc(C(C)C)c(I)c(=O)[nH]2)c(C)c1. The van der Waals surface area contributed by atoms with Crippen LogP contribution in [-0.2, 0) is 0 Å². The minimum Gasteiger partial charge on any atom is -0.306 e. The Morgan fingerprint density at radius 3 is 2.20 bits per heavy atom. The molecule has 4 heteroatoms. The topological polar surface area (TPSA) is 45.8 Å². The lowest BCUT2D eigenvalue weighted by atomic mass is 9.99. The summed E-state index contributed by atoms with van der Waals surface area (Å²) in [5, 5.41) is 0. The van der Waals surface area contributed by atoms with Gasteiger partial charge in [0.15, 0.2) is 0 Å². The van der Waals surface area contributed by atoms with Crippen molar-refractivity contribution in [1.82, 2.24) is 9.97 Å². The van der Waals surface area contributed by atoms with Gasteiger partial charge in [-0.3, -0.25) is 4.79 Å². The van der Waals surface area contributed by atoms with E-state index in [1.807, 2.05) is 0 Å². The van der Waals surface area contributed by atoms with Crippen molar-refractivity contribution in [1.29, 1.82) is 0 Å². The summed E-state index contributed by atoms with van der Waals surface area (Å²) in [6.45, 7) is 10.3. The Kier molecular flexibility index (Phi) is 4.32. The summed E-state index contributed by atoms with van der Waals surface area (Å²) >= 11 is 2.07. The molecule has 1 aromatic heterocycles. The molecular formula is C16H19IN2O. The van der Waals surface area contributed by atoms with Crippen molar-refractivity contribution < 1.29 is 0 Å². The molecular weight excluding hydrogens is 363 g/mol. The first kappa shape index (κ1) is 15.2. The third-order valence-electron chi connectivity index (χ3n) is 3.35. The van der Waals surface area contributed by atoms with Gasteiger partial charge in [0.2, 0.25) is 0 Å². The number of nitrogens with zero attached hydrogens (tertiary/aromatic N) is 1. The van der Waals surface area contributed by atoms with Gasteiger partial charge in [-0.25, -0.2) is 4.98 Å². The van der Waals surface area contributed by atoms with Crippen LogP contribution in [0.3, 0.4) is 0 Å². The second kappa shape index (κ2) is 5.68. The first-order chi connectivity index (χ1) is 9.31. The summed E-state index contributed by atoms with van der Waals surface area (Å²) in [7, 11) is 0. The van der Waals surface area contributed by atoms with Crippen LogP contribution in [0, 0.1) is 24.3 Å². The predicted octanol–water partition coefficient (Wildman–Crippen LogP) is 4.09. The van der Waals surface area contributed by atoms with E-state index in [0.29, 0.717) is 9.39 Å². The Morgan fingerprint density at radius 1 is 1.15 bits per heavy atom. The molecule has 0 saturated carbocycles. The van der Waals surface area contributed by atoms with E-state index in [9.17, 15) is 4.79 Å². The Labute approximate surface area is 133 Å². The molecule has 1 N–H and O–H groups in total. The molecule has 20 heavy (non-hydrogen) atoms. The predicted molar refractivity (Wildman–Crippen MR) is 91.3 cm³/mol. The molecule has 0 atom stereocenters. The molecule has 0 aliphatic rings. The molecule has 106 valence electrons. The van der Waals surface area contributed by atoms with Gasteiger partial charge < -0.3 is 4.98 Å². The fourth-order valence-electron chi connectivity index (χ4n) is 2.53. The molecule has 1 heterocycles. The zero-order chi connectivity index (χ0) is 15.0. The zero-order valence-electron chi connectivity index (χ0n) is 12.5. The van der Waals surface area contributed by atoms with Crippen molar-refractivity contribution in [2.75, 3.05) is 0 Å². The Morgan fingerprint density at radius 2 is 1.70 bits per heavy atom. The fourth-order valence-corrected chi connectivity index (χ4v) is 3.41. The summed E-state index contributed by atoms with van der Waals surface area (Å²) in [4.78, 5) is 19.7. The number of rotatable bonds is 2. The van der Waals surface area contributed by atoms with E-state index in [1.165, 1.54) is 5.56 Å². The highest BCUT2D eigenvalue weighted by Crippen LogP contribution is 2.27. The molecule has 0 spiro atoms. The van der Waals surface area contributed by atoms with E-state index < -0.39 is 0 Å². The van der Waals surface area contributed by atoms with Crippen molar-refractivity contribution in [3.63, 3.8) is 0 Å². The van der Waals surface area contributed by atoms with E-state index in [4.69, 9.17) is 4.98 Å². The molecule has 2 rings (SSSR count). The van der Waals surface area contributed by atoms with Gasteiger partial charge >= 0.3 is 0 Å². The summed E-state index contributed by atoms with van der Waals surface area (Å²) < 4.78 is 0.684. The van der Waals surface area contributed by atoms with Crippen LogP contribution < -0.4 is 5.56 Å². The van der Waals surface area contributed by atoms with Crippen molar-refractivity contribution in [3.8, 4) is 11.4 Å². The van der Waals surface area contributed by atoms with Crippen LogP contribution in [0.5, 0.6) is 0 Å². The van der Waals surface area contributed by atoms with Crippen molar-refractivity contribution in [2.24, 2.45) is 0 Å². The molecule has 2 aromatic rings. The lowest BCUT2D eigenvalue weighted by molar-refractivity contribution is 0.802. The minimum atomic E-state index is -0.0568. The summed E-state index contributed by atoms with van der Waals surface area (Å²) in [5.74, 6) is 0.906. The third kappa shape index (κ3) is 2.80. The van der Waals surface area contributed by atoms with Crippen LogP contribution in [0.25, 0.3) is 11.4 Å². The lowest BCUT2D eigenvalue weighted by Gasteiger charge is -2.13. The maximum absolute atomic E-state index is 12.1. The van der Waals surface area contributed by atoms with Gasteiger partial charge in [0.1, 0.15) is 5.82 Å². The molecule has 0 amide bonds. The minimum absolute atomic E-state index is 0.0568. The quantitative estimate of drug-likeness (QED) is 0.796. The average molecular weight is 382 g/mol. The number of hydrogen-bond acceptors (Lipinski definition) is 2. The van der Waals surface area contributed by atoms with Crippen LogP contribution in [0.1, 0.15) is 42.1 Å². The van der Waals surface area contributed by atoms with Crippen molar-refractivity contribution >= 4 is 22.6 Å². The molecule has 0 radical (unpaired) electrons. The van der Waals surface area contributed by atoms with E-state index in [0.717, 1.165) is 22.4 Å². The summed E-state index contributed by atoms with van der Waals surface area (Å²) in [6, 6.07) is 4.24. The second-order valence-corrected chi connectivity index (χ2v) is 6.62. The van der Waals surface area contributed by atoms with Gasteiger partial charge in [0.25, 0.3) is 5.56 Å². The molecule has 3 nitrogen and oxygen atoms in total. The molecule has 0 aliphatic carbocycles. The molecule has 0 unspecified atom stereocenters. The first-order valence-corrected chi connectivity index (χ1v) is 7.77. The highest BCUT2D eigenvalue weighted by atomic mass is 127. The van der Waals surface area contributed by atoms with Crippen molar-refractivity contribution in [3.05, 3.63) is 48.4 Å². The van der Waals surface area contributed by atoms with Gasteiger partial charge in [-0.1, -0.05) is 31.5 Å². The van der Waals surface area contributed by atoms with Gasteiger partial charge in [-0.2, -0.15) is 0 Å². The normalized spacial score (nSPS) is 11.2. The van der Waals surface area contributed by atoms with E-state index in [1.54, 1.807) is 0 Å². The van der Waals surface area contributed by atoms with Gasteiger partial charge in [0.05, 0.1) is 9.26 Å². The van der Waals surface area contributed by atoms with Gasteiger partial charge in [-0.05, 0) is 60.4 Å². The van der Waals surface area contributed by atoms with Crippen LogP contribution >= 0.6 is 22.6 Å². The third-order valence-corrected chi connectivity index (χ3v) is 4.39. The molecule has 0 bridgehead atoms. The number of aromatic amines is 1. The molecule has 0 fully saturated rings. The fraction of sp³-hybridized carbons (Fsp3) is 0.375. The smallest absolute Gasteiger partial charge is 0.264 e. The Bertz CT molecular complexity index is 694. The van der Waals surface area contributed by atoms with Crippen LogP contribution in [0.4, 0.5) is 0 Å². The number of halogens is 1. The number of nitrogens with one attached hydrogen (secondary N) is 1. The van der Waals surface area contributed by atoms with E-state index in [-0.39, 0.29) is 11.5 Å². The maximum Gasteiger partial charge on any atom is 0.264 e. The Balaban J connectivity index is 2.75. The summed E-state index contributed by atoms with van der Waals surface area (Å²) in [5.41, 5.74) is 5.34. The van der Waals surface area contributed by atoms with Crippen LogP contribution in [0.15, 0.2) is 16.9 Å². The number of benzene rings is 1. The van der Waals surface area contributed by atoms with Crippen molar-refractivity contribution in [2.45, 2.75) is 40.5 Å². The Hall–Kier alpha value is -1.17. The van der Waals surface area contributed by atoms with E-state index in [2.05, 4.69) is 74.3 Å². The summed E-state index contributed by atoms with van der Waals surface area (Å²) in [6.07, 6.45) is 0. The first-order valence-electron chi connectivity index (χ1n) is 6.69. The zero-order valence-corrected chi connectivity index (χ0v) is 14.6. The monoisotopic (exact) mass is 382 g/mol. The van der Waals surface area contributed by atoms with Gasteiger partial charge in [0, 0.05) is 5.56 Å². The van der Waals surface area contributed by atoms with E-state index >= 15 is 0 Å². The van der Waals surface area contributed by atoms with Crippen LogP contribution in [0.2, 0.25) is 0 Å². The molecule has 0 aliphatic heterocycles. The highest BCUT2D eigenvalue weighted by molar-refractivity contribution is 14.1. The van der Waals surface area contributed by atoms with Crippen LogP contribution in [-0.4, -0.2) is 9.97 Å². The number of aromatic nitrogens is 2. The second-order valence-electron chi connectivity index (χ2n) is 5.54. The number of aryl methyl sites for hydroxylation is 3.